The first kappa shape index (κ1) is 14.0. The average molecular weight is 332 g/mol. The molecular weight excluding hydrogens is 314 g/mol. The van der Waals surface area contributed by atoms with Gasteiger partial charge in [0.15, 0.2) is 0 Å². The van der Waals surface area contributed by atoms with E-state index in [1.54, 1.807) is 16.4 Å². The van der Waals surface area contributed by atoms with Crippen LogP contribution in [0.15, 0.2) is 29.2 Å². The predicted octanol–water partition coefficient (Wildman–Crippen LogP) is 2.93. The van der Waals surface area contributed by atoms with Crippen LogP contribution in [0, 0.1) is 6.92 Å². The van der Waals surface area contributed by atoms with Gasteiger partial charge in [-0.3, -0.25) is 0 Å². The van der Waals surface area contributed by atoms with E-state index in [9.17, 15) is 8.42 Å². The molecule has 0 bridgehead atoms. The summed E-state index contributed by atoms with van der Waals surface area (Å²) in [7, 11) is -3.35. The Labute approximate surface area is 117 Å². The highest BCUT2D eigenvalue weighted by atomic mass is 79.9. The van der Waals surface area contributed by atoms with Crippen LogP contribution in [-0.2, 0) is 10.0 Å². The van der Waals surface area contributed by atoms with E-state index < -0.39 is 10.0 Å². The molecule has 0 spiro atoms. The van der Waals surface area contributed by atoms with Crippen LogP contribution in [-0.4, -0.2) is 30.1 Å². The summed E-state index contributed by atoms with van der Waals surface area (Å²) in [5.74, 6) is 0. The van der Waals surface area contributed by atoms with Crippen LogP contribution in [0.25, 0.3) is 0 Å². The number of sulfonamides is 1. The Bertz CT molecular complexity index is 510. The van der Waals surface area contributed by atoms with E-state index in [0.717, 1.165) is 18.4 Å². The Morgan fingerprint density at radius 1 is 1.33 bits per heavy atom. The van der Waals surface area contributed by atoms with Crippen molar-refractivity contribution in [3.63, 3.8) is 0 Å². The second-order valence-electron chi connectivity index (χ2n) is 4.82. The minimum absolute atomic E-state index is 0.0660. The second kappa shape index (κ2) is 5.31. The highest BCUT2D eigenvalue weighted by Gasteiger charge is 2.37. The summed E-state index contributed by atoms with van der Waals surface area (Å²) in [5.41, 5.74) is 1.07. The fourth-order valence-corrected chi connectivity index (χ4v) is 4.84. The second-order valence-corrected chi connectivity index (χ2v) is 8.15. The highest BCUT2D eigenvalue weighted by Crippen LogP contribution is 2.30. The third kappa shape index (κ3) is 2.63. The number of nitrogens with zero attached hydrogens (tertiary/aromatic N) is 1. The lowest BCUT2D eigenvalue weighted by molar-refractivity contribution is 0.388. The molecule has 0 aliphatic carbocycles. The Morgan fingerprint density at radius 2 is 1.94 bits per heavy atom. The number of hydrogen-bond donors (Lipinski definition) is 0. The maximum atomic E-state index is 12.6. The molecule has 0 unspecified atom stereocenters. The van der Waals surface area contributed by atoms with Gasteiger partial charge >= 0.3 is 0 Å². The molecule has 3 nitrogen and oxygen atoms in total. The van der Waals surface area contributed by atoms with E-state index in [0.29, 0.717) is 11.4 Å². The Morgan fingerprint density at radius 3 is 2.50 bits per heavy atom. The van der Waals surface area contributed by atoms with Gasteiger partial charge in [0.05, 0.1) is 4.90 Å². The normalized spacial score (nSPS) is 23.2. The number of benzene rings is 1. The minimum Gasteiger partial charge on any atom is -0.207 e. The molecule has 100 valence electrons. The van der Waals surface area contributed by atoms with E-state index in [1.807, 2.05) is 26.0 Å². The molecule has 1 heterocycles. The van der Waals surface area contributed by atoms with Crippen molar-refractivity contribution in [2.24, 2.45) is 0 Å². The topological polar surface area (TPSA) is 37.4 Å². The SMILES string of the molecule is Cc1ccc(S(=O)(=O)N2CCC[C@H]2[C@H](C)Br)cc1. The van der Waals surface area contributed by atoms with Crippen molar-refractivity contribution < 1.29 is 8.42 Å². The number of aryl methyl sites for hydroxylation is 1. The van der Waals surface area contributed by atoms with Crippen molar-refractivity contribution in [2.75, 3.05) is 6.54 Å². The molecule has 0 saturated carbocycles. The fourth-order valence-electron chi connectivity index (χ4n) is 2.37. The molecule has 2 atom stereocenters. The standard InChI is InChI=1S/C13H18BrNO2S/c1-10-5-7-12(8-6-10)18(16,17)15-9-3-4-13(15)11(2)14/h5-8,11,13H,3-4,9H2,1-2H3/t11-,13-/m0/s1. The molecule has 1 aliphatic heterocycles. The van der Waals surface area contributed by atoms with Crippen molar-refractivity contribution in [2.45, 2.75) is 42.5 Å². The van der Waals surface area contributed by atoms with Crippen molar-refractivity contribution in [1.29, 1.82) is 0 Å². The van der Waals surface area contributed by atoms with Crippen LogP contribution in [0.1, 0.15) is 25.3 Å². The Balaban J connectivity index is 2.33. The van der Waals surface area contributed by atoms with Gasteiger partial charge in [0.1, 0.15) is 0 Å². The number of rotatable bonds is 3. The van der Waals surface area contributed by atoms with Crippen molar-refractivity contribution in [3.05, 3.63) is 29.8 Å². The molecule has 0 radical (unpaired) electrons. The molecule has 1 saturated heterocycles. The molecule has 1 aliphatic rings. The number of hydrogen-bond acceptors (Lipinski definition) is 2. The molecular formula is C13H18BrNO2S. The average Bonchev–Trinajstić information content (AvgIpc) is 2.79. The molecule has 1 aromatic carbocycles. The van der Waals surface area contributed by atoms with Gasteiger partial charge < -0.3 is 0 Å². The van der Waals surface area contributed by atoms with Gasteiger partial charge in [0.25, 0.3) is 0 Å². The van der Waals surface area contributed by atoms with Crippen molar-refractivity contribution >= 4 is 26.0 Å². The van der Waals surface area contributed by atoms with Crippen LogP contribution in [0.3, 0.4) is 0 Å². The van der Waals surface area contributed by atoms with E-state index >= 15 is 0 Å². The first-order chi connectivity index (χ1) is 8.43. The number of halogens is 1. The molecule has 0 N–H and O–H groups in total. The summed E-state index contributed by atoms with van der Waals surface area (Å²) in [6, 6.07) is 7.14. The molecule has 2 rings (SSSR count). The first-order valence-corrected chi connectivity index (χ1v) is 8.51. The summed E-state index contributed by atoms with van der Waals surface area (Å²) in [5, 5.41) is 0. The van der Waals surface area contributed by atoms with E-state index in [2.05, 4.69) is 15.9 Å². The zero-order chi connectivity index (χ0) is 13.3. The van der Waals surface area contributed by atoms with Gasteiger partial charge in [-0.15, -0.1) is 0 Å². The highest BCUT2D eigenvalue weighted by molar-refractivity contribution is 9.09. The fraction of sp³-hybridized carbons (Fsp3) is 0.538. The molecule has 18 heavy (non-hydrogen) atoms. The zero-order valence-electron chi connectivity index (χ0n) is 10.6. The quantitative estimate of drug-likeness (QED) is 0.798. The molecule has 0 amide bonds. The van der Waals surface area contributed by atoms with Crippen molar-refractivity contribution in [1.82, 2.24) is 4.31 Å². The van der Waals surface area contributed by atoms with Gasteiger partial charge in [-0.05, 0) is 31.9 Å². The number of alkyl halides is 1. The predicted molar refractivity (Wildman–Crippen MR) is 76.5 cm³/mol. The summed E-state index contributed by atoms with van der Waals surface area (Å²) >= 11 is 3.51. The van der Waals surface area contributed by atoms with Gasteiger partial charge in [-0.1, -0.05) is 40.5 Å². The largest absolute Gasteiger partial charge is 0.243 e. The third-order valence-electron chi connectivity index (χ3n) is 3.41. The Kier molecular flexibility index (Phi) is 4.14. The molecule has 1 fully saturated rings. The van der Waals surface area contributed by atoms with Gasteiger partial charge in [-0.2, -0.15) is 4.31 Å². The summed E-state index contributed by atoms with van der Waals surface area (Å²) in [6.07, 6.45) is 1.86. The smallest absolute Gasteiger partial charge is 0.207 e. The molecule has 1 aromatic rings. The van der Waals surface area contributed by atoms with Gasteiger partial charge in [-0.25, -0.2) is 8.42 Å². The van der Waals surface area contributed by atoms with E-state index in [4.69, 9.17) is 0 Å². The lowest BCUT2D eigenvalue weighted by Gasteiger charge is -2.26. The molecule has 5 heteroatoms. The van der Waals surface area contributed by atoms with Gasteiger partial charge in [0, 0.05) is 17.4 Å². The van der Waals surface area contributed by atoms with Crippen LogP contribution in [0.5, 0.6) is 0 Å². The summed E-state index contributed by atoms with van der Waals surface area (Å²) < 4.78 is 26.8. The first-order valence-electron chi connectivity index (χ1n) is 6.15. The third-order valence-corrected chi connectivity index (χ3v) is 5.96. The van der Waals surface area contributed by atoms with Crippen LogP contribution < -0.4 is 0 Å². The van der Waals surface area contributed by atoms with E-state index in [-0.39, 0.29) is 10.9 Å². The van der Waals surface area contributed by atoms with Crippen molar-refractivity contribution in [3.8, 4) is 0 Å². The zero-order valence-corrected chi connectivity index (χ0v) is 13.0. The Hall–Kier alpha value is -0.390. The lowest BCUT2D eigenvalue weighted by Crippen LogP contribution is -2.39. The van der Waals surface area contributed by atoms with E-state index in [1.165, 1.54) is 0 Å². The monoisotopic (exact) mass is 331 g/mol. The summed E-state index contributed by atoms with van der Waals surface area (Å²) in [4.78, 5) is 0.577. The molecule has 0 aromatic heterocycles. The minimum atomic E-state index is -3.35. The summed E-state index contributed by atoms with van der Waals surface area (Å²) in [6.45, 7) is 4.58. The maximum Gasteiger partial charge on any atom is 0.243 e. The van der Waals surface area contributed by atoms with Gasteiger partial charge in [0.2, 0.25) is 10.0 Å². The maximum absolute atomic E-state index is 12.6. The van der Waals surface area contributed by atoms with Crippen LogP contribution in [0.2, 0.25) is 0 Å². The lowest BCUT2D eigenvalue weighted by atomic mass is 10.2. The van der Waals surface area contributed by atoms with Crippen LogP contribution in [0.4, 0.5) is 0 Å². The van der Waals surface area contributed by atoms with Crippen LogP contribution >= 0.6 is 15.9 Å².